The third-order valence-corrected chi connectivity index (χ3v) is 3.06. The van der Waals surface area contributed by atoms with Gasteiger partial charge in [-0.25, -0.2) is 4.39 Å². The zero-order valence-electron chi connectivity index (χ0n) is 11.2. The van der Waals surface area contributed by atoms with Crippen LogP contribution in [-0.2, 0) is 0 Å². The summed E-state index contributed by atoms with van der Waals surface area (Å²) in [5.41, 5.74) is 1.03. The van der Waals surface area contributed by atoms with Crippen molar-refractivity contribution in [1.29, 1.82) is 0 Å². The number of hydrogen-bond acceptors (Lipinski definition) is 3. The van der Waals surface area contributed by atoms with Gasteiger partial charge in [0.1, 0.15) is 5.82 Å². The molecule has 0 saturated heterocycles. The highest BCUT2D eigenvalue weighted by Gasteiger charge is 2.13. The van der Waals surface area contributed by atoms with Crippen molar-refractivity contribution < 1.29 is 14.1 Å². The summed E-state index contributed by atoms with van der Waals surface area (Å²) in [7, 11) is 0. The molecule has 21 heavy (non-hydrogen) atoms. The Balaban J connectivity index is 2.06. The molecular weight excluding hydrogens is 275 g/mol. The number of hydrogen-bond donors (Lipinski definition) is 1. The maximum atomic E-state index is 12.8. The van der Waals surface area contributed by atoms with E-state index < -0.39 is 4.92 Å². The smallest absolute Gasteiger partial charge is 0.269 e. The molecular formula is C15H13FN2O3. The fourth-order valence-corrected chi connectivity index (χ4v) is 1.85. The Kier molecular flexibility index (Phi) is 4.27. The Morgan fingerprint density at radius 1 is 1.14 bits per heavy atom. The summed E-state index contributed by atoms with van der Waals surface area (Å²) >= 11 is 0. The summed E-state index contributed by atoms with van der Waals surface area (Å²) in [4.78, 5) is 22.0. The first-order chi connectivity index (χ1) is 9.97. The van der Waals surface area contributed by atoms with Crippen LogP contribution in [0.5, 0.6) is 0 Å². The van der Waals surface area contributed by atoms with Gasteiger partial charge in [0.15, 0.2) is 0 Å². The second-order valence-corrected chi connectivity index (χ2v) is 4.55. The molecule has 0 heterocycles. The molecule has 1 N–H and O–H groups in total. The van der Waals surface area contributed by atoms with Crippen LogP contribution in [0.3, 0.4) is 0 Å². The van der Waals surface area contributed by atoms with Crippen LogP contribution in [-0.4, -0.2) is 10.8 Å². The highest BCUT2D eigenvalue weighted by molar-refractivity contribution is 5.94. The van der Waals surface area contributed by atoms with Crippen molar-refractivity contribution >= 4 is 11.6 Å². The molecule has 108 valence electrons. The van der Waals surface area contributed by atoms with Gasteiger partial charge in [0, 0.05) is 17.7 Å². The van der Waals surface area contributed by atoms with Crippen molar-refractivity contribution in [2.45, 2.75) is 13.0 Å². The first-order valence-corrected chi connectivity index (χ1v) is 6.28. The van der Waals surface area contributed by atoms with Crippen molar-refractivity contribution in [3.8, 4) is 0 Å². The maximum Gasteiger partial charge on any atom is 0.269 e. The number of benzene rings is 2. The molecule has 0 aromatic heterocycles. The van der Waals surface area contributed by atoms with Gasteiger partial charge in [-0.05, 0) is 36.8 Å². The predicted octanol–water partition coefficient (Wildman–Crippen LogP) is 3.22. The molecule has 5 nitrogen and oxygen atoms in total. The molecule has 0 aliphatic carbocycles. The molecule has 0 fully saturated rings. The number of halogens is 1. The fraction of sp³-hybridized carbons (Fsp3) is 0.133. The van der Waals surface area contributed by atoms with E-state index in [1.165, 1.54) is 36.4 Å². The number of nitrogens with zero attached hydrogens (tertiary/aromatic N) is 1. The Bertz CT molecular complexity index is 654. The minimum Gasteiger partial charge on any atom is -0.346 e. The van der Waals surface area contributed by atoms with E-state index in [4.69, 9.17) is 0 Å². The van der Waals surface area contributed by atoms with Crippen LogP contribution < -0.4 is 5.32 Å². The topological polar surface area (TPSA) is 72.2 Å². The van der Waals surface area contributed by atoms with Crippen LogP contribution >= 0.6 is 0 Å². The first-order valence-electron chi connectivity index (χ1n) is 6.28. The summed E-state index contributed by atoms with van der Waals surface area (Å²) in [5, 5.41) is 13.3. The molecule has 0 unspecified atom stereocenters. The van der Waals surface area contributed by atoms with Gasteiger partial charge in [-0.2, -0.15) is 0 Å². The predicted molar refractivity (Wildman–Crippen MR) is 75.4 cm³/mol. The van der Waals surface area contributed by atoms with E-state index in [2.05, 4.69) is 5.32 Å². The van der Waals surface area contributed by atoms with Gasteiger partial charge >= 0.3 is 0 Å². The lowest BCUT2D eigenvalue weighted by Crippen LogP contribution is -2.26. The number of amides is 1. The summed E-state index contributed by atoms with van der Waals surface area (Å²) in [5.74, 6) is -0.686. The molecule has 2 aromatic rings. The van der Waals surface area contributed by atoms with Crippen molar-refractivity contribution in [2.24, 2.45) is 0 Å². The molecule has 1 amide bonds. The van der Waals surface area contributed by atoms with Gasteiger partial charge in [-0.1, -0.05) is 12.1 Å². The average Bonchev–Trinajstić information content (AvgIpc) is 2.47. The van der Waals surface area contributed by atoms with Crippen molar-refractivity contribution in [3.63, 3.8) is 0 Å². The average molecular weight is 288 g/mol. The number of carbonyl (C=O) groups is 1. The van der Waals surface area contributed by atoms with Crippen LogP contribution in [0.25, 0.3) is 0 Å². The third kappa shape index (κ3) is 3.62. The highest BCUT2D eigenvalue weighted by Crippen LogP contribution is 2.15. The second-order valence-electron chi connectivity index (χ2n) is 4.55. The maximum absolute atomic E-state index is 12.8. The lowest BCUT2D eigenvalue weighted by atomic mass is 10.1. The minimum atomic E-state index is -0.525. The van der Waals surface area contributed by atoms with E-state index in [-0.39, 0.29) is 23.5 Å². The molecule has 2 aromatic carbocycles. The normalized spacial score (nSPS) is 11.7. The monoisotopic (exact) mass is 288 g/mol. The van der Waals surface area contributed by atoms with Crippen LogP contribution in [0.2, 0.25) is 0 Å². The van der Waals surface area contributed by atoms with Gasteiger partial charge in [0.05, 0.1) is 11.0 Å². The number of non-ortho nitro benzene ring substituents is 1. The van der Waals surface area contributed by atoms with E-state index >= 15 is 0 Å². The largest absolute Gasteiger partial charge is 0.346 e. The lowest BCUT2D eigenvalue weighted by Gasteiger charge is -2.14. The molecule has 0 aliphatic heterocycles. The molecule has 2 rings (SSSR count). The summed E-state index contributed by atoms with van der Waals surface area (Å²) < 4.78 is 12.8. The van der Waals surface area contributed by atoms with E-state index in [9.17, 15) is 19.3 Å². The van der Waals surface area contributed by atoms with Crippen LogP contribution in [0.1, 0.15) is 28.9 Å². The van der Waals surface area contributed by atoms with Gasteiger partial charge in [-0.3, -0.25) is 14.9 Å². The summed E-state index contributed by atoms with van der Waals surface area (Å²) in [6.45, 7) is 1.77. The highest BCUT2D eigenvalue weighted by atomic mass is 19.1. The summed E-state index contributed by atoms with van der Waals surface area (Å²) in [6, 6.07) is 10.9. The number of nitrogens with one attached hydrogen (secondary N) is 1. The molecule has 0 bridgehead atoms. The van der Waals surface area contributed by atoms with Crippen molar-refractivity contribution in [3.05, 3.63) is 75.6 Å². The number of rotatable bonds is 4. The quantitative estimate of drug-likeness (QED) is 0.693. The first kappa shape index (κ1) is 14.6. The van der Waals surface area contributed by atoms with Crippen molar-refractivity contribution in [1.82, 2.24) is 5.32 Å². The Labute approximate surface area is 120 Å². The second kappa shape index (κ2) is 6.13. The standard InChI is InChI=1S/C15H13FN2O3/c1-10(11-2-6-13(16)7-3-11)17-15(19)12-4-8-14(9-5-12)18(20)21/h2-10H,1H3,(H,17,19)/t10-/m1/s1. The van der Waals surface area contributed by atoms with E-state index in [0.29, 0.717) is 5.56 Å². The van der Waals surface area contributed by atoms with Crippen molar-refractivity contribution in [2.75, 3.05) is 0 Å². The fourth-order valence-electron chi connectivity index (χ4n) is 1.85. The minimum absolute atomic E-state index is 0.0712. The van der Waals surface area contributed by atoms with Crippen LogP contribution in [0.4, 0.5) is 10.1 Å². The van der Waals surface area contributed by atoms with E-state index in [1.54, 1.807) is 19.1 Å². The van der Waals surface area contributed by atoms with Gasteiger partial charge in [-0.15, -0.1) is 0 Å². The van der Waals surface area contributed by atoms with Crippen LogP contribution in [0, 0.1) is 15.9 Å². The molecule has 0 radical (unpaired) electrons. The number of nitro groups is 1. The Morgan fingerprint density at radius 2 is 1.71 bits per heavy atom. The lowest BCUT2D eigenvalue weighted by molar-refractivity contribution is -0.384. The molecule has 6 heteroatoms. The van der Waals surface area contributed by atoms with E-state index in [1.807, 2.05) is 0 Å². The summed E-state index contributed by atoms with van der Waals surface area (Å²) in [6.07, 6.45) is 0. The molecule has 1 atom stereocenters. The van der Waals surface area contributed by atoms with Gasteiger partial charge < -0.3 is 5.32 Å². The molecule has 0 aliphatic rings. The third-order valence-electron chi connectivity index (χ3n) is 3.06. The van der Waals surface area contributed by atoms with E-state index in [0.717, 1.165) is 5.56 Å². The van der Waals surface area contributed by atoms with Gasteiger partial charge in [0.25, 0.3) is 11.6 Å². The SMILES string of the molecule is C[C@@H](NC(=O)c1ccc([N+](=O)[O-])cc1)c1ccc(F)cc1. The number of nitro benzene ring substituents is 1. The van der Waals surface area contributed by atoms with Crippen LogP contribution in [0.15, 0.2) is 48.5 Å². The Hall–Kier alpha value is -2.76. The molecule has 0 saturated carbocycles. The van der Waals surface area contributed by atoms with Gasteiger partial charge in [0.2, 0.25) is 0 Å². The number of carbonyl (C=O) groups excluding carboxylic acids is 1. The zero-order valence-corrected chi connectivity index (χ0v) is 11.2. The molecule has 0 spiro atoms. The zero-order chi connectivity index (χ0) is 15.4. The Morgan fingerprint density at radius 3 is 2.24 bits per heavy atom.